The molecule has 2 aromatic rings. The molecule has 0 atom stereocenters. The van der Waals surface area contributed by atoms with Crippen molar-refractivity contribution in [2.24, 2.45) is 0 Å². The van der Waals surface area contributed by atoms with Gasteiger partial charge in [0, 0.05) is 10.4 Å². The maximum Gasteiger partial charge on any atom is 0.341 e. The number of nitrogens with one attached hydrogen (secondary N) is 1. The second-order valence-corrected chi connectivity index (χ2v) is 6.61. The average molecular weight is 362 g/mol. The Morgan fingerprint density at radius 2 is 1.96 bits per heavy atom. The van der Waals surface area contributed by atoms with Crippen LogP contribution in [-0.2, 0) is 4.74 Å². The molecule has 1 N–H and O–H groups in total. The molecule has 0 aliphatic heterocycles. The summed E-state index contributed by atoms with van der Waals surface area (Å²) in [5.74, 6) is -1.17. The highest BCUT2D eigenvalue weighted by atomic mass is 32.1. The Morgan fingerprint density at radius 1 is 1.28 bits per heavy atom. The van der Waals surface area contributed by atoms with Crippen molar-refractivity contribution in [3.8, 4) is 0 Å². The van der Waals surface area contributed by atoms with E-state index in [1.165, 1.54) is 17.4 Å². The molecule has 1 amide bonds. The van der Waals surface area contributed by atoms with Crippen LogP contribution < -0.4 is 5.32 Å². The number of ether oxygens (including phenoxy) is 1. The smallest absolute Gasteiger partial charge is 0.341 e. The molecule has 1 aromatic heterocycles. The van der Waals surface area contributed by atoms with E-state index in [0.29, 0.717) is 10.6 Å². The van der Waals surface area contributed by atoms with E-state index in [2.05, 4.69) is 5.32 Å². The largest absolute Gasteiger partial charge is 0.462 e. The molecule has 0 aliphatic carbocycles. The van der Waals surface area contributed by atoms with Gasteiger partial charge in [-0.05, 0) is 39.3 Å². The van der Waals surface area contributed by atoms with Crippen LogP contribution >= 0.6 is 11.3 Å². The van der Waals surface area contributed by atoms with Gasteiger partial charge in [-0.3, -0.25) is 14.9 Å². The average Bonchev–Trinajstić information content (AvgIpc) is 2.81. The number of carbonyl (C=O) groups excluding carboxylic acids is 2. The molecule has 0 aliphatic rings. The van der Waals surface area contributed by atoms with Gasteiger partial charge >= 0.3 is 5.97 Å². The number of nitro groups is 1. The van der Waals surface area contributed by atoms with E-state index >= 15 is 0 Å². The number of nitrogens with zero attached hydrogens (tertiary/aromatic N) is 1. The topological polar surface area (TPSA) is 98.5 Å². The summed E-state index contributed by atoms with van der Waals surface area (Å²) in [7, 11) is 0. The van der Waals surface area contributed by atoms with Crippen LogP contribution in [-0.4, -0.2) is 23.4 Å². The normalized spacial score (nSPS) is 10.4. The van der Waals surface area contributed by atoms with Crippen molar-refractivity contribution in [3.05, 3.63) is 55.4 Å². The van der Waals surface area contributed by atoms with Gasteiger partial charge in [0.15, 0.2) is 0 Å². The monoisotopic (exact) mass is 362 g/mol. The molecule has 25 heavy (non-hydrogen) atoms. The molecule has 0 fully saturated rings. The molecule has 7 nitrogen and oxygen atoms in total. The van der Waals surface area contributed by atoms with Crippen LogP contribution in [0.4, 0.5) is 10.7 Å². The quantitative estimate of drug-likeness (QED) is 0.492. The van der Waals surface area contributed by atoms with E-state index in [9.17, 15) is 19.7 Å². The highest BCUT2D eigenvalue weighted by molar-refractivity contribution is 7.16. The zero-order valence-electron chi connectivity index (χ0n) is 14.3. The van der Waals surface area contributed by atoms with Crippen LogP contribution in [0.3, 0.4) is 0 Å². The van der Waals surface area contributed by atoms with Crippen LogP contribution in [0.15, 0.2) is 18.2 Å². The van der Waals surface area contributed by atoms with Crippen molar-refractivity contribution in [1.82, 2.24) is 0 Å². The predicted molar refractivity (Wildman–Crippen MR) is 95.5 cm³/mol. The number of esters is 1. The lowest BCUT2D eigenvalue weighted by molar-refractivity contribution is -0.385. The minimum atomic E-state index is -0.637. The third-order valence-corrected chi connectivity index (χ3v) is 4.88. The van der Waals surface area contributed by atoms with E-state index < -0.39 is 16.8 Å². The Bertz CT molecular complexity index is 857. The lowest BCUT2D eigenvalue weighted by Gasteiger charge is -2.08. The molecule has 0 spiro atoms. The number of aryl methyl sites for hydroxylation is 2. The summed E-state index contributed by atoms with van der Waals surface area (Å²) in [4.78, 5) is 36.3. The number of thiophene rings is 1. The van der Waals surface area contributed by atoms with Crippen molar-refractivity contribution in [2.45, 2.75) is 27.7 Å². The molecular weight excluding hydrogens is 344 g/mol. The Morgan fingerprint density at radius 3 is 2.56 bits per heavy atom. The summed E-state index contributed by atoms with van der Waals surface area (Å²) >= 11 is 1.23. The summed E-state index contributed by atoms with van der Waals surface area (Å²) in [6.07, 6.45) is 0. The Labute approximate surface area is 148 Å². The third kappa shape index (κ3) is 3.69. The van der Waals surface area contributed by atoms with Gasteiger partial charge in [0.25, 0.3) is 11.6 Å². The lowest BCUT2D eigenvalue weighted by atomic mass is 10.1. The first-order valence-electron chi connectivity index (χ1n) is 7.60. The van der Waals surface area contributed by atoms with Crippen LogP contribution in [0.2, 0.25) is 0 Å². The van der Waals surface area contributed by atoms with Crippen molar-refractivity contribution in [3.63, 3.8) is 0 Å². The van der Waals surface area contributed by atoms with Gasteiger partial charge in [-0.15, -0.1) is 11.3 Å². The Kier molecular flexibility index (Phi) is 5.53. The van der Waals surface area contributed by atoms with Crippen LogP contribution in [0.25, 0.3) is 0 Å². The first-order valence-corrected chi connectivity index (χ1v) is 8.42. The fourth-order valence-electron chi connectivity index (χ4n) is 2.42. The molecule has 0 bridgehead atoms. The number of amides is 1. The molecule has 132 valence electrons. The molecule has 0 saturated heterocycles. The van der Waals surface area contributed by atoms with Crippen LogP contribution in [0.5, 0.6) is 0 Å². The van der Waals surface area contributed by atoms with E-state index in [4.69, 9.17) is 4.74 Å². The maximum absolute atomic E-state index is 12.6. The first-order chi connectivity index (χ1) is 11.8. The molecule has 2 rings (SSSR count). The van der Waals surface area contributed by atoms with Crippen molar-refractivity contribution in [1.29, 1.82) is 0 Å². The highest BCUT2D eigenvalue weighted by Gasteiger charge is 2.26. The summed E-state index contributed by atoms with van der Waals surface area (Å²) < 4.78 is 5.04. The van der Waals surface area contributed by atoms with Crippen LogP contribution in [0.1, 0.15) is 43.6 Å². The van der Waals surface area contributed by atoms with Crippen LogP contribution in [0, 0.1) is 30.9 Å². The van der Waals surface area contributed by atoms with E-state index in [0.717, 1.165) is 10.4 Å². The van der Waals surface area contributed by atoms with Crippen molar-refractivity contribution >= 4 is 33.9 Å². The fourth-order valence-corrected chi connectivity index (χ4v) is 3.46. The summed E-state index contributed by atoms with van der Waals surface area (Å²) in [6, 6.07) is 4.53. The fraction of sp³-hybridized carbons (Fsp3) is 0.294. The number of anilines is 1. The number of hydrogen-bond donors (Lipinski definition) is 1. The summed E-state index contributed by atoms with van der Waals surface area (Å²) in [6.45, 7) is 7.07. The lowest BCUT2D eigenvalue weighted by Crippen LogP contribution is -2.16. The number of carbonyl (C=O) groups is 2. The number of para-hydroxylation sites is 1. The molecule has 0 unspecified atom stereocenters. The van der Waals surface area contributed by atoms with Gasteiger partial charge in [-0.1, -0.05) is 12.1 Å². The Balaban J connectivity index is 2.43. The number of hydrogen-bond acceptors (Lipinski definition) is 6. The number of rotatable bonds is 5. The highest BCUT2D eigenvalue weighted by Crippen LogP contribution is 2.34. The van der Waals surface area contributed by atoms with Gasteiger partial charge in [-0.25, -0.2) is 4.79 Å². The zero-order chi connectivity index (χ0) is 18.7. The Hall–Kier alpha value is -2.74. The van der Waals surface area contributed by atoms with E-state index in [1.807, 2.05) is 6.92 Å². The minimum absolute atomic E-state index is 0.0523. The molecule has 8 heteroatoms. The van der Waals surface area contributed by atoms with Gasteiger partial charge in [0.05, 0.1) is 17.1 Å². The van der Waals surface area contributed by atoms with Gasteiger partial charge in [0.2, 0.25) is 0 Å². The number of benzene rings is 1. The van der Waals surface area contributed by atoms with Crippen molar-refractivity contribution in [2.75, 3.05) is 11.9 Å². The van der Waals surface area contributed by atoms with Gasteiger partial charge < -0.3 is 10.1 Å². The van der Waals surface area contributed by atoms with Gasteiger partial charge in [-0.2, -0.15) is 0 Å². The molecule has 0 saturated carbocycles. The third-order valence-electron chi connectivity index (χ3n) is 3.76. The maximum atomic E-state index is 12.6. The number of nitro benzene ring substituents is 1. The van der Waals surface area contributed by atoms with Crippen molar-refractivity contribution < 1.29 is 19.2 Å². The van der Waals surface area contributed by atoms with Gasteiger partial charge in [0.1, 0.15) is 10.6 Å². The van der Waals surface area contributed by atoms with E-state index in [1.54, 1.807) is 32.9 Å². The predicted octanol–water partition coefficient (Wildman–Crippen LogP) is 4.01. The second kappa shape index (κ2) is 7.43. The van der Waals surface area contributed by atoms with E-state index in [-0.39, 0.29) is 23.4 Å². The summed E-state index contributed by atoms with van der Waals surface area (Å²) in [5.41, 5.74) is 1.10. The second-order valence-electron chi connectivity index (χ2n) is 5.39. The SMILES string of the molecule is CCOC(=O)c1c(NC(=O)c2cccc(C)c2[N+](=O)[O-])sc(C)c1C. The minimum Gasteiger partial charge on any atom is -0.462 e. The summed E-state index contributed by atoms with van der Waals surface area (Å²) in [5, 5.41) is 14.2. The molecule has 1 heterocycles. The molecule has 1 aromatic carbocycles. The standard InChI is InChI=1S/C17H18N2O5S/c1-5-24-17(21)13-10(3)11(4)25-16(13)18-15(20)12-8-6-7-9(2)14(12)19(22)23/h6-8H,5H2,1-4H3,(H,18,20). The first kappa shape index (κ1) is 18.6. The molecular formula is C17H18N2O5S. The molecule has 0 radical (unpaired) electrons. The zero-order valence-corrected chi connectivity index (χ0v) is 15.2.